The third kappa shape index (κ3) is 1.05. The summed E-state index contributed by atoms with van der Waals surface area (Å²) in [7, 11) is 0. The zero-order valence-electron chi connectivity index (χ0n) is 6.18. The van der Waals surface area contributed by atoms with Gasteiger partial charge in [0.05, 0.1) is 0 Å². The van der Waals surface area contributed by atoms with E-state index in [2.05, 4.69) is 0 Å². The van der Waals surface area contributed by atoms with E-state index in [1.807, 2.05) is 13.8 Å². The number of phenolic OH excluding ortho intramolecular Hbond substituents is 1. The SMILES string of the molecule is Cc1cc(O)c(C)cc1N. The molecule has 10 heavy (non-hydrogen) atoms. The van der Waals surface area contributed by atoms with Crippen LogP contribution < -0.4 is 5.73 Å². The second-order valence-electron chi connectivity index (χ2n) is 2.50. The van der Waals surface area contributed by atoms with Gasteiger partial charge in [0.2, 0.25) is 0 Å². The molecule has 0 saturated heterocycles. The smallest absolute Gasteiger partial charge is 0.118 e. The van der Waals surface area contributed by atoms with Gasteiger partial charge in [0, 0.05) is 5.69 Å². The van der Waals surface area contributed by atoms with Gasteiger partial charge in [-0.1, -0.05) is 0 Å². The largest absolute Gasteiger partial charge is 0.508 e. The van der Waals surface area contributed by atoms with E-state index in [1.165, 1.54) is 0 Å². The zero-order valence-corrected chi connectivity index (χ0v) is 6.18. The molecule has 2 nitrogen and oxygen atoms in total. The molecule has 0 heterocycles. The lowest BCUT2D eigenvalue weighted by molar-refractivity contribution is 0.471. The summed E-state index contributed by atoms with van der Waals surface area (Å²) in [5, 5.41) is 9.17. The molecule has 0 fully saturated rings. The van der Waals surface area contributed by atoms with Crippen molar-refractivity contribution in [2.45, 2.75) is 13.8 Å². The highest BCUT2D eigenvalue weighted by molar-refractivity contribution is 5.53. The van der Waals surface area contributed by atoms with Crippen molar-refractivity contribution in [2.24, 2.45) is 0 Å². The molecule has 1 aromatic rings. The maximum Gasteiger partial charge on any atom is 0.118 e. The van der Waals surface area contributed by atoms with Crippen LogP contribution in [0.1, 0.15) is 11.1 Å². The van der Waals surface area contributed by atoms with E-state index in [0.29, 0.717) is 5.75 Å². The molecule has 2 heteroatoms. The lowest BCUT2D eigenvalue weighted by Crippen LogP contribution is -1.89. The third-order valence-electron chi connectivity index (χ3n) is 1.58. The van der Waals surface area contributed by atoms with Gasteiger partial charge >= 0.3 is 0 Å². The van der Waals surface area contributed by atoms with Gasteiger partial charge in [-0.25, -0.2) is 0 Å². The minimum Gasteiger partial charge on any atom is -0.508 e. The van der Waals surface area contributed by atoms with Gasteiger partial charge in [0.25, 0.3) is 0 Å². The Morgan fingerprint density at radius 2 is 1.80 bits per heavy atom. The molecule has 0 amide bonds. The van der Waals surface area contributed by atoms with Crippen LogP contribution in [0.4, 0.5) is 5.69 Å². The quantitative estimate of drug-likeness (QED) is 0.421. The number of anilines is 1. The standard InChI is InChI=1S/C8H11NO/c1-5-4-8(10)6(2)3-7(5)9/h3-4,10H,9H2,1-2H3. The van der Waals surface area contributed by atoms with E-state index in [-0.39, 0.29) is 0 Å². The van der Waals surface area contributed by atoms with Gasteiger partial charge in [-0.3, -0.25) is 0 Å². The summed E-state index contributed by atoms with van der Waals surface area (Å²) in [5.74, 6) is 0.312. The summed E-state index contributed by atoms with van der Waals surface area (Å²) in [5.41, 5.74) is 8.05. The normalized spacial score (nSPS) is 9.80. The first-order valence-corrected chi connectivity index (χ1v) is 3.17. The molecule has 0 saturated carbocycles. The average Bonchev–Trinajstić information content (AvgIpc) is 1.84. The van der Waals surface area contributed by atoms with Crippen LogP contribution in [0.15, 0.2) is 12.1 Å². The van der Waals surface area contributed by atoms with Gasteiger partial charge in [-0.2, -0.15) is 0 Å². The molecular weight excluding hydrogens is 126 g/mol. The number of hydrogen-bond donors (Lipinski definition) is 2. The molecule has 1 aromatic carbocycles. The molecule has 1 rings (SSSR count). The fourth-order valence-electron chi connectivity index (χ4n) is 0.823. The van der Waals surface area contributed by atoms with Gasteiger partial charge in [-0.15, -0.1) is 0 Å². The number of nitrogen functional groups attached to an aromatic ring is 1. The van der Waals surface area contributed by atoms with Crippen molar-refractivity contribution < 1.29 is 5.11 Å². The first kappa shape index (κ1) is 6.93. The molecule has 54 valence electrons. The van der Waals surface area contributed by atoms with Crippen LogP contribution in [0.5, 0.6) is 5.75 Å². The monoisotopic (exact) mass is 137 g/mol. The van der Waals surface area contributed by atoms with Crippen molar-refractivity contribution in [3.8, 4) is 5.75 Å². The summed E-state index contributed by atoms with van der Waals surface area (Å²) in [6, 6.07) is 3.44. The predicted octanol–water partition coefficient (Wildman–Crippen LogP) is 1.59. The second kappa shape index (κ2) is 2.21. The number of rotatable bonds is 0. The van der Waals surface area contributed by atoms with Crippen LogP contribution in [0.25, 0.3) is 0 Å². The Balaban J connectivity index is 3.28. The van der Waals surface area contributed by atoms with Crippen molar-refractivity contribution in [3.05, 3.63) is 23.3 Å². The van der Waals surface area contributed by atoms with Crippen molar-refractivity contribution in [1.29, 1.82) is 0 Å². The molecule has 3 N–H and O–H groups in total. The summed E-state index contributed by atoms with van der Waals surface area (Å²) in [6.45, 7) is 3.69. The summed E-state index contributed by atoms with van der Waals surface area (Å²) in [4.78, 5) is 0. The van der Waals surface area contributed by atoms with Gasteiger partial charge in [0.1, 0.15) is 5.75 Å². The topological polar surface area (TPSA) is 46.2 Å². The van der Waals surface area contributed by atoms with Crippen molar-refractivity contribution in [2.75, 3.05) is 5.73 Å². The zero-order chi connectivity index (χ0) is 7.72. The molecule has 0 spiro atoms. The number of hydrogen-bond acceptors (Lipinski definition) is 2. The molecule has 0 aliphatic heterocycles. The van der Waals surface area contributed by atoms with Crippen LogP contribution in [-0.4, -0.2) is 5.11 Å². The Bertz CT molecular complexity index is 205. The highest BCUT2D eigenvalue weighted by Gasteiger charge is 1.98. The molecular formula is C8H11NO. The molecule has 0 radical (unpaired) electrons. The first-order valence-electron chi connectivity index (χ1n) is 3.17. The Morgan fingerprint density at radius 3 is 2.30 bits per heavy atom. The Kier molecular flexibility index (Phi) is 1.53. The van der Waals surface area contributed by atoms with Crippen molar-refractivity contribution in [3.63, 3.8) is 0 Å². The predicted molar refractivity (Wildman–Crippen MR) is 42.0 cm³/mol. The Labute approximate surface area is 60.3 Å². The van der Waals surface area contributed by atoms with Crippen molar-refractivity contribution >= 4 is 5.69 Å². The minimum atomic E-state index is 0.312. The second-order valence-corrected chi connectivity index (χ2v) is 2.50. The van der Waals surface area contributed by atoms with Crippen LogP contribution in [-0.2, 0) is 0 Å². The van der Waals surface area contributed by atoms with Gasteiger partial charge in [-0.05, 0) is 37.1 Å². The van der Waals surface area contributed by atoms with E-state index in [9.17, 15) is 0 Å². The summed E-state index contributed by atoms with van der Waals surface area (Å²) < 4.78 is 0. The third-order valence-corrected chi connectivity index (χ3v) is 1.58. The first-order chi connectivity index (χ1) is 4.61. The average molecular weight is 137 g/mol. The van der Waals surface area contributed by atoms with E-state index < -0.39 is 0 Å². The molecule has 0 aromatic heterocycles. The molecule has 0 aliphatic carbocycles. The summed E-state index contributed by atoms with van der Waals surface area (Å²) >= 11 is 0. The van der Waals surface area contributed by atoms with E-state index in [1.54, 1.807) is 12.1 Å². The molecule has 0 unspecified atom stereocenters. The lowest BCUT2D eigenvalue weighted by atomic mass is 10.1. The van der Waals surface area contributed by atoms with Crippen molar-refractivity contribution in [1.82, 2.24) is 0 Å². The highest BCUT2D eigenvalue weighted by atomic mass is 16.3. The number of aryl methyl sites for hydroxylation is 2. The van der Waals surface area contributed by atoms with E-state index in [0.717, 1.165) is 16.8 Å². The number of aromatic hydroxyl groups is 1. The fraction of sp³-hybridized carbons (Fsp3) is 0.250. The van der Waals surface area contributed by atoms with Gasteiger partial charge in [0.15, 0.2) is 0 Å². The lowest BCUT2D eigenvalue weighted by Gasteiger charge is -2.02. The minimum absolute atomic E-state index is 0.312. The van der Waals surface area contributed by atoms with Gasteiger partial charge < -0.3 is 10.8 Å². The summed E-state index contributed by atoms with van der Waals surface area (Å²) in [6.07, 6.45) is 0. The number of phenols is 1. The van der Waals surface area contributed by atoms with E-state index in [4.69, 9.17) is 10.8 Å². The fourth-order valence-corrected chi connectivity index (χ4v) is 0.823. The highest BCUT2D eigenvalue weighted by Crippen LogP contribution is 2.22. The van der Waals surface area contributed by atoms with Crippen LogP contribution >= 0.6 is 0 Å². The maximum atomic E-state index is 9.17. The van der Waals surface area contributed by atoms with Crippen LogP contribution in [0.3, 0.4) is 0 Å². The molecule has 0 aliphatic rings. The Morgan fingerprint density at radius 1 is 1.20 bits per heavy atom. The Hall–Kier alpha value is -1.18. The van der Waals surface area contributed by atoms with E-state index >= 15 is 0 Å². The number of benzene rings is 1. The van der Waals surface area contributed by atoms with Crippen LogP contribution in [0.2, 0.25) is 0 Å². The molecule has 0 bridgehead atoms. The number of nitrogens with two attached hydrogens (primary N) is 1. The van der Waals surface area contributed by atoms with Crippen LogP contribution in [0, 0.1) is 13.8 Å². The molecule has 0 atom stereocenters. The maximum absolute atomic E-state index is 9.17.